The number of hydrogen-bond acceptors (Lipinski definition) is 5. The molecule has 0 saturated carbocycles. The predicted octanol–water partition coefficient (Wildman–Crippen LogP) is 12.4. The van der Waals surface area contributed by atoms with E-state index in [9.17, 15) is 50.4 Å². The first kappa shape index (κ1) is 44.3. The second-order valence-electron chi connectivity index (χ2n) is 10.7. The van der Waals surface area contributed by atoms with Crippen LogP contribution >= 0.6 is 15.6 Å². The van der Waals surface area contributed by atoms with Gasteiger partial charge in [-0.1, -0.05) is 60.7 Å². The molecule has 0 atom stereocenters. The smallest absolute Gasteiger partial charge is 0.412 e. The van der Waals surface area contributed by atoms with Crippen molar-refractivity contribution in [3.8, 4) is 11.4 Å². The van der Waals surface area contributed by atoms with Gasteiger partial charge in [-0.05, 0) is 47.2 Å². The molecule has 0 aliphatic carbocycles. The monoisotopic (exact) mass is 877 g/mol. The Morgan fingerprint density at radius 1 is 0.442 bits per heavy atom. The van der Waals surface area contributed by atoms with Gasteiger partial charge < -0.3 is 5.48 Å². The maximum Gasteiger partial charge on any atom is 1.00 e. The maximum atomic E-state index is 9.87. The average Bonchev–Trinajstić information content (AvgIpc) is 2.99. The second kappa shape index (κ2) is 14.9. The quantitative estimate of drug-likeness (QED) is 0.0906. The number of halogens is 12. The Labute approximate surface area is 300 Å². The molecule has 4 heterocycles. The molecule has 21 heteroatoms. The Morgan fingerprint density at radius 3 is 1.31 bits per heavy atom. The number of aromatic nitrogens is 4. The summed E-state index contributed by atoms with van der Waals surface area (Å²) in [7, 11) is -21.3. The van der Waals surface area contributed by atoms with Gasteiger partial charge in [-0.2, -0.15) is 0 Å². The van der Waals surface area contributed by atoms with Crippen LogP contribution < -0.4 is 0 Å². The fraction of sp³-hybridized carbons (Fsp3) is 0.0968. The van der Waals surface area contributed by atoms with Crippen LogP contribution in [0.2, 0.25) is 0 Å². The zero-order chi connectivity index (χ0) is 37.0. The van der Waals surface area contributed by atoms with Crippen LogP contribution in [0.1, 0.15) is 17.1 Å². The van der Waals surface area contributed by atoms with E-state index >= 15 is 0 Å². The van der Waals surface area contributed by atoms with E-state index in [0.717, 1.165) is 28.5 Å². The molecule has 0 bridgehead atoms. The summed E-state index contributed by atoms with van der Waals surface area (Å²) in [6.45, 7) is 2.03. The van der Waals surface area contributed by atoms with E-state index in [1.807, 2.05) is 36.7 Å². The van der Waals surface area contributed by atoms with E-state index in [-0.39, 0.29) is 25.0 Å². The van der Waals surface area contributed by atoms with E-state index in [2.05, 4.69) is 82.7 Å². The molecule has 52 heavy (non-hydrogen) atoms. The molecule has 4 aromatic heterocycles. The van der Waals surface area contributed by atoms with E-state index in [4.69, 9.17) is 15.0 Å². The molecule has 1 radical (unpaired) electrons. The average molecular weight is 877 g/mol. The first-order valence-electron chi connectivity index (χ1n) is 14.1. The molecule has 6 aromatic rings. The van der Waals surface area contributed by atoms with Crippen molar-refractivity contribution in [3.63, 3.8) is 0 Å². The number of pyridine rings is 4. The van der Waals surface area contributed by atoms with Gasteiger partial charge in [0.25, 0.3) is 0 Å². The van der Waals surface area contributed by atoms with Crippen molar-refractivity contribution in [2.24, 2.45) is 0 Å². The van der Waals surface area contributed by atoms with Crippen LogP contribution in [0.25, 0.3) is 32.9 Å². The number of hydrogen-bond donors (Lipinski definition) is 0. The molecule has 0 aliphatic rings. The first-order valence-corrected chi connectivity index (χ1v) is 18.2. The summed E-state index contributed by atoms with van der Waals surface area (Å²) in [6.07, 6.45) is 5.59. The molecule has 0 amide bonds. The standard InChI is InChI=1S/C31H25N5.2F6P.H2O.Ru/c1-3-11-26-23(8-1)15-18-33-30(26)21-36(22-31-27-12-4-2-9-24(27)16-19-34-31)20-25-10-7-14-29(35-25)28-13-5-6-17-32-28;2*1-7(2,3,4,5)6;;/h1-19H,20-22H2;;;1H2;/q;2*-1;;+1. The molecule has 0 unspecified atom stereocenters. The Kier molecular flexibility index (Phi) is 12.7. The Balaban J connectivity index is 0.000000500. The normalized spacial score (nSPS) is 14.1. The van der Waals surface area contributed by atoms with Crippen molar-refractivity contribution < 1.29 is 75.3 Å². The van der Waals surface area contributed by atoms with Crippen LogP contribution in [0.15, 0.2) is 116 Å². The fourth-order valence-electron chi connectivity index (χ4n) is 4.66. The van der Waals surface area contributed by atoms with Crippen molar-refractivity contribution in [1.82, 2.24) is 24.8 Å². The molecule has 2 aromatic carbocycles. The number of fused-ring (bicyclic) bond motifs is 2. The summed E-state index contributed by atoms with van der Waals surface area (Å²) in [5.74, 6) is 0. The van der Waals surface area contributed by atoms with Crippen LogP contribution in [-0.4, -0.2) is 30.3 Å². The second-order valence-corrected chi connectivity index (χ2v) is 14.6. The molecule has 6 rings (SSSR count). The summed E-state index contributed by atoms with van der Waals surface area (Å²) < 4.78 is 118. The van der Waals surface area contributed by atoms with Crippen molar-refractivity contribution in [2.75, 3.05) is 0 Å². The van der Waals surface area contributed by atoms with Crippen molar-refractivity contribution in [2.45, 2.75) is 19.6 Å². The minimum atomic E-state index is -10.7. The summed E-state index contributed by atoms with van der Waals surface area (Å²) in [5, 5.41) is 4.74. The summed E-state index contributed by atoms with van der Waals surface area (Å²) in [6, 6.07) is 33.0. The van der Waals surface area contributed by atoms with Crippen molar-refractivity contribution >= 4 is 37.2 Å². The minimum Gasteiger partial charge on any atom is -0.412 e. The van der Waals surface area contributed by atoms with E-state index in [0.29, 0.717) is 19.6 Å². The van der Waals surface area contributed by atoms with Gasteiger partial charge in [-0.15, -0.1) is 0 Å². The first-order chi connectivity index (χ1) is 22.7. The number of benzene rings is 2. The molecule has 2 N–H and O–H groups in total. The Morgan fingerprint density at radius 2 is 0.865 bits per heavy atom. The van der Waals surface area contributed by atoms with E-state index in [1.54, 1.807) is 6.20 Å². The van der Waals surface area contributed by atoms with Crippen molar-refractivity contribution in [1.29, 1.82) is 0 Å². The van der Waals surface area contributed by atoms with Crippen LogP contribution in [-0.2, 0) is 39.1 Å². The number of nitrogens with zero attached hydrogens (tertiary/aromatic N) is 5. The third-order valence-corrected chi connectivity index (χ3v) is 6.38. The largest absolute Gasteiger partial charge is 1.00 e. The van der Waals surface area contributed by atoms with E-state index < -0.39 is 15.6 Å². The molecule has 0 spiro atoms. The summed E-state index contributed by atoms with van der Waals surface area (Å²) >= 11 is 0. The van der Waals surface area contributed by atoms with Crippen LogP contribution in [0.3, 0.4) is 0 Å². The van der Waals surface area contributed by atoms with Gasteiger partial charge in [0.1, 0.15) is 0 Å². The van der Waals surface area contributed by atoms with Gasteiger partial charge >= 0.3 is 85.5 Å². The molecular weight excluding hydrogens is 849 g/mol. The fourth-order valence-corrected chi connectivity index (χ4v) is 4.66. The van der Waals surface area contributed by atoms with Gasteiger partial charge in [-0.3, -0.25) is 19.9 Å². The van der Waals surface area contributed by atoms with Gasteiger partial charge in [0, 0.05) is 49.0 Å². The molecule has 0 saturated heterocycles. The SMILES string of the molecule is F[P-](F)(F)(F)(F)F.F[P-](F)(F)(F)(F)F.O.[Ru+].c1ccc(-c2cccc(CN(Cc3nccc4ccccc34)Cc3nccc4ccccc34)n2)nc1. The zero-order valence-corrected chi connectivity index (χ0v) is 29.6. The third kappa shape index (κ3) is 18.1. The number of rotatable bonds is 7. The van der Waals surface area contributed by atoms with Gasteiger partial charge in [0.05, 0.1) is 28.5 Å². The van der Waals surface area contributed by atoms with Gasteiger partial charge in [0.2, 0.25) is 0 Å². The minimum absolute atomic E-state index is 0. The van der Waals surface area contributed by atoms with Gasteiger partial charge in [0.15, 0.2) is 0 Å². The van der Waals surface area contributed by atoms with Crippen LogP contribution in [0.4, 0.5) is 50.4 Å². The third-order valence-electron chi connectivity index (χ3n) is 6.38. The zero-order valence-electron chi connectivity index (χ0n) is 26.1. The Hall–Kier alpha value is -3.88. The topological polar surface area (TPSA) is 86.3 Å². The molecule has 285 valence electrons. The van der Waals surface area contributed by atoms with E-state index in [1.165, 1.54) is 21.5 Å². The maximum absolute atomic E-state index is 10.7. The summed E-state index contributed by atoms with van der Waals surface area (Å²) in [4.78, 5) is 21.3. The van der Waals surface area contributed by atoms with Crippen LogP contribution in [0, 0.1) is 0 Å². The molecule has 6 nitrogen and oxygen atoms in total. The van der Waals surface area contributed by atoms with Gasteiger partial charge in [-0.25, -0.2) is 4.98 Å². The Bertz CT molecular complexity index is 1970. The molecule has 0 fully saturated rings. The predicted molar refractivity (Wildman–Crippen MR) is 175 cm³/mol. The summed E-state index contributed by atoms with van der Waals surface area (Å²) in [5.41, 5.74) is 4.83. The molecular formula is C31H27F12N5OP2Ru-. The van der Waals surface area contributed by atoms with Crippen LogP contribution in [0.5, 0.6) is 0 Å². The van der Waals surface area contributed by atoms with Crippen molar-refractivity contribution in [3.05, 3.63) is 133 Å². The molecule has 0 aliphatic heterocycles.